The van der Waals surface area contributed by atoms with Gasteiger partial charge in [0.2, 0.25) is 5.91 Å². The number of amides is 1. The van der Waals surface area contributed by atoms with Crippen molar-refractivity contribution in [3.8, 4) is 0 Å². The Labute approximate surface area is 107 Å². The van der Waals surface area contributed by atoms with E-state index in [-0.39, 0.29) is 5.91 Å². The predicted molar refractivity (Wildman–Crippen MR) is 68.2 cm³/mol. The van der Waals surface area contributed by atoms with Crippen molar-refractivity contribution in [2.24, 2.45) is 5.92 Å². The molecule has 3 rings (SSSR count). The van der Waals surface area contributed by atoms with Crippen LogP contribution in [0.15, 0.2) is 12.5 Å². The molecule has 2 aliphatic rings. The van der Waals surface area contributed by atoms with Crippen LogP contribution >= 0.6 is 0 Å². The van der Waals surface area contributed by atoms with E-state index in [2.05, 4.69) is 20.2 Å². The lowest BCUT2D eigenvalue weighted by atomic mass is 10.1. The molecule has 0 radical (unpaired) electrons. The highest BCUT2D eigenvalue weighted by Gasteiger charge is 2.29. The Morgan fingerprint density at radius 2 is 2.39 bits per heavy atom. The zero-order valence-corrected chi connectivity index (χ0v) is 10.6. The predicted octanol–water partition coefficient (Wildman–Crippen LogP) is 0.486. The fourth-order valence-corrected chi connectivity index (χ4v) is 2.55. The SMILES string of the molecule is O=C(NCCn1cncc1C1CCNC1)C1CC1. The normalized spacial score (nSPS) is 23.2. The van der Waals surface area contributed by atoms with Gasteiger partial charge in [-0.15, -0.1) is 0 Å². The summed E-state index contributed by atoms with van der Waals surface area (Å²) in [6.07, 6.45) is 7.14. The molecule has 2 heterocycles. The molecule has 1 aliphatic carbocycles. The fourth-order valence-electron chi connectivity index (χ4n) is 2.55. The highest BCUT2D eigenvalue weighted by molar-refractivity contribution is 5.80. The van der Waals surface area contributed by atoms with Crippen LogP contribution in [0.1, 0.15) is 30.9 Å². The Bertz CT molecular complexity index is 418. The van der Waals surface area contributed by atoms with Crippen LogP contribution in [0.3, 0.4) is 0 Å². The van der Waals surface area contributed by atoms with Gasteiger partial charge in [0, 0.05) is 43.4 Å². The van der Waals surface area contributed by atoms with E-state index in [1.54, 1.807) is 0 Å². The third-order valence-corrected chi connectivity index (χ3v) is 3.82. The summed E-state index contributed by atoms with van der Waals surface area (Å²) in [7, 11) is 0. The Kier molecular flexibility index (Phi) is 3.32. The summed E-state index contributed by atoms with van der Waals surface area (Å²) in [5.41, 5.74) is 1.29. The second-order valence-electron chi connectivity index (χ2n) is 5.27. The molecule has 98 valence electrons. The average molecular weight is 248 g/mol. The van der Waals surface area contributed by atoms with Gasteiger partial charge in [-0.25, -0.2) is 4.98 Å². The van der Waals surface area contributed by atoms with Crippen molar-refractivity contribution in [2.45, 2.75) is 31.7 Å². The van der Waals surface area contributed by atoms with Crippen LogP contribution in [-0.2, 0) is 11.3 Å². The zero-order chi connectivity index (χ0) is 12.4. The topological polar surface area (TPSA) is 59.0 Å². The second-order valence-corrected chi connectivity index (χ2v) is 5.27. The molecule has 0 aromatic carbocycles. The van der Waals surface area contributed by atoms with E-state index in [9.17, 15) is 4.79 Å². The first kappa shape index (κ1) is 11.7. The van der Waals surface area contributed by atoms with E-state index in [1.165, 1.54) is 12.1 Å². The summed E-state index contributed by atoms with van der Waals surface area (Å²) in [4.78, 5) is 15.8. The zero-order valence-electron chi connectivity index (χ0n) is 10.6. The summed E-state index contributed by atoms with van der Waals surface area (Å²) in [5, 5.41) is 6.37. The number of hydrogen-bond acceptors (Lipinski definition) is 3. The Balaban J connectivity index is 1.52. The lowest BCUT2D eigenvalue weighted by molar-refractivity contribution is -0.122. The monoisotopic (exact) mass is 248 g/mol. The van der Waals surface area contributed by atoms with Crippen molar-refractivity contribution in [1.82, 2.24) is 20.2 Å². The van der Waals surface area contributed by atoms with Gasteiger partial charge in [-0.05, 0) is 25.8 Å². The molecule has 2 N–H and O–H groups in total. The van der Waals surface area contributed by atoms with Crippen LogP contribution in [0, 0.1) is 5.92 Å². The molecule has 1 aromatic rings. The van der Waals surface area contributed by atoms with Gasteiger partial charge in [-0.2, -0.15) is 0 Å². The van der Waals surface area contributed by atoms with E-state index in [0.29, 0.717) is 18.4 Å². The minimum absolute atomic E-state index is 0.221. The van der Waals surface area contributed by atoms with Gasteiger partial charge in [-0.3, -0.25) is 4.79 Å². The van der Waals surface area contributed by atoms with Crippen LogP contribution in [0.2, 0.25) is 0 Å². The van der Waals surface area contributed by atoms with E-state index >= 15 is 0 Å². The highest BCUT2D eigenvalue weighted by Crippen LogP contribution is 2.28. The molecule has 1 aromatic heterocycles. The number of nitrogens with one attached hydrogen (secondary N) is 2. The molecule has 0 spiro atoms. The second kappa shape index (κ2) is 5.10. The van der Waals surface area contributed by atoms with Gasteiger partial charge in [0.05, 0.1) is 6.33 Å². The molecule has 1 saturated heterocycles. The quantitative estimate of drug-likeness (QED) is 0.797. The van der Waals surface area contributed by atoms with E-state index in [1.807, 2.05) is 12.5 Å². The molecule has 1 unspecified atom stereocenters. The highest BCUT2D eigenvalue weighted by atomic mass is 16.2. The molecule has 18 heavy (non-hydrogen) atoms. The Hall–Kier alpha value is -1.36. The molecular formula is C13H20N4O. The van der Waals surface area contributed by atoms with E-state index in [4.69, 9.17) is 0 Å². The van der Waals surface area contributed by atoms with Crippen molar-refractivity contribution in [2.75, 3.05) is 19.6 Å². The number of aromatic nitrogens is 2. The summed E-state index contributed by atoms with van der Waals surface area (Å²) < 4.78 is 2.17. The molecule has 1 amide bonds. The van der Waals surface area contributed by atoms with Gasteiger partial charge in [0.15, 0.2) is 0 Å². The third kappa shape index (κ3) is 2.56. The summed E-state index contributed by atoms with van der Waals surface area (Å²) in [6.45, 7) is 3.66. The van der Waals surface area contributed by atoms with Crippen LogP contribution in [0.4, 0.5) is 0 Å². The molecule has 5 nitrogen and oxygen atoms in total. The van der Waals surface area contributed by atoms with Gasteiger partial charge >= 0.3 is 0 Å². The molecule has 0 bridgehead atoms. The van der Waals surface area contributed by atoms with Crippen LogP contribution in [0.25, 0.3) is 0 Å². The average Bonchev–Trinajstić information content (AvgIpc) is 2.90. The minimum Gasteiger partial charge on any atom is -0.354 e. The van der Waals surface area contributed by atoms with Crippen molar-refractivity contribution in [3.05, 3.63) is 18.2 Å². The molecule has 2 fully saturated rings. The smallest absolute Gasteiger partial charge is 0.223 e. The Morgan fingerprint density at radius 1 is 1.50 bits per heavy atom. The largest absolute Gasteiger partial charge is 0.354 e. The van der Waals surface area contributed by atoms with Crippen molar-refractivity contribution < 1.29 is 4.79 Å². The molecule has 1 aliphatic heterocycles. The van der Waals surface area contributed by atoms with Crippen molar-refractivity contribution >= 4 is 5.91 Å². The molecule has 1 saturated carbocycles. The maximum atomic E-state index is 11.5. The lowest BCUT2D eigenvalue weighted by Gasteiger charge is -2.13. The molecular weight excluding hydrogens is 228 g/mol. The number of nitrogens with zero attached hydrogens (tertiary/aromatic N) is 2. The van der Waals surface area contributed by atoms with Crippen molar-refractivity contribution in [1.29, 1.82) is 0 Å². The first-order valence-corrected chi connectivity index (χ1v) is 6.83. The van der Waals surface area contributed by atoms with Crippen molar-refractivity contribution in [3.63, 3.8) is 0 Å². The number of rotatable bonds is 5. The molecule has 1 atom stereocenters. The standard InChI is InChI=1S/C13H20N4O/c18-13(10-1-2-10)16-5-6-17-9-15-8-12(17)11-3-4-14-7-11/h8-11,14H,1-7H2,(H,16,18). The fraction of sp³-hybridized carbons (Fsp3) is 0.692. The van der Waals surface area contributed by atoms with Gasteiger partial charge < -0.3 is 15.2 Å². The minimum atomic E-state index is 0.221. The summed E-state index contributed by atoms with van der Waals surface area (Å²) >= 11 is 0. The van der Waals surface area contributed by atoms with Gasteiger partial charge in [0.1, 0.15) is 0 Å². The van der Waals surface area contributed by atoms with Crippen LogP contribution in [-0.4, -0.2) is 35.1 Å². The summed E-state index contributed by atoms with van der Waals surface area (Å²) in [6, 6.07) is 0. The Morgan fingerprint density at radius 3 is 3.11 bits per heavy atom. The van der Waals surface area contributed by atoms with E-state index in [0.717, 1.165) is 32.5 Å². The number of hydrogen-bond donors (Lipinski definition) is 2. The first-order chi connectivity index (χ1) is 8.84. The molecule has 5 heteroatoms. The third-order valence-electron chi connectivity index (χ3n) is 3.82. The number of imidazole rings is 1. The lowest BCUT2D eigenvalue weighted by Crippen LogP contribution is -2.28. The van der Waals surface area contributed by atoms with Crippen LogP contribution in [0.5, 0.6) is 0 Å². The maximum Gasteiger partial charge on any atom is 0.223 e. The number of carbonyl (C=O) groups excluding carboxylic acids is 1. The summed E-state index contributed by atoms with van der Waals surface area (Å²) in [5.74, 6) is 1.09. The van der Waals surface area contributed by atoms with Gasteiger partial charge in [0.25, 0.3) is 0 Å². The number of carbonyl (C=O) groups is 1. The maximum absolute atomic E-state index is 11.5. The van der Waals surface area contributed by atoms with Crippen LogP contribution < -0.4 is 10.6 Å². The first-order valence-electron chi connectivity index (χ1n) is 6.83. The van der Waals surface area contributed by atoms with E-state index < -0.39 is 0 Å². The van der Waals surface area contributed by atoms with Gasteiger partial charge in [-0.1, -0.05) is 0 Å².